The maximum atomic E-state index is 13.1. The number of carboxylic acid groups (broad SMARTS) is 1. The van der Waals surface area contributed by atoms with Gasteiger partial charge in [0, 0.05) is 12.2 Å². The van der Waals surface area contributed by atoms with Crippen molar-refractivity contribution >= 4 is 23.3 Å². The van der Waals surface area contributed by atoms with Crippen LogP contribution in [0.5, 0.6) is 0 Å². The fourth-order valence-electron chi connectivity index (χ4n) is 1.90. The van der Waals surface area contributed by atoms with E-state index in [0.717, 1.165) is 11.3 Å². The number of para-hydroxylation sites is 1. The first-order valence-corrected chi connectivity index (χ1v) is 6.40. The van der Waals surface area contributed by atoms with E-state index >= 15 is 0 Å². The molecule has 0 aliphatic carbocycles. The normalized spacial score (nSPS) is 10.3. The van der Waals surface area contributed by atoms with Crippen molar-refractivity contribution < 1.29 is 14.3 Å². The highest BCUT2D eigenvalue weighted by atomic mass is 35.5. The molecule has 5 heteroatoms. The van der Waals surface area contributed by atoms with E-state index in [1.165, 1.54) is 12.1 Å². The zero-order chi connectivity index (χ0) is 14.5. The van der Waals surface area contributed by atoms with E-state index < -0.39 is 11.8 Å². The number of aliphatic carboxylic acids is 1. The number of nitrogens with zero attached hydrogens (tertiary/aromatic N) is 1. The minimum Gasteiger partial charge on any atom is -0.480 e. The molecule has 0 fully saturated rings. The van der Waals surface area contributed by atoms with Crippen molar-refractivity contribution in [1.82, 2.24) is 0 Å². The first-order valence-electron chi connectivity index (χ1n) is 6.02. The molecule has 104 valence electrons. The largest absolute Gasteiger partial charge is 0.480 e. The van der Waals surface area contributed by atoms with E-state index in [9.17, 15) is 9.18 Å². The summed E-state index contributed by atoms with van der Waals surface area (Å²) in [6.45, 7) is 0.204. The van der Waals surface area contributed by atoms with Crippen LogP contribution in [0.3, 0.4) is 0 Å². The predicted octanol–water partition coefficient (Wildman–Crippen LogP) is 3.57. The topological polar surface area (TPSA) is 40.5 Å². The van der Waals surface area contributed by atoms with Crippen molar-refractivity contribution in [1.29, 1.82) is 0 Å². The van der Waals surface area contributed by atoms with Gasteiger partial charge in [0.05, 0.1) is 5.02 Å². The number of hydrogen-bond donors (Lipinski definition) is 1. The van der Waals surface area contributed by atoms with Crippen molar-refractivity contribution in [2.45, 2.75) is 6.54 Å². The lowest BCUT2D eigenvalue weighted by Gasteiger charge is -2.23. The lowest BCUT2D eigenvalue weighted by molar-refractivity contribution is -0.135. The second kappa shape index (κ2) is 6.39. The van der Waals surface area contributed by atoms with Crippen LogP contribution in [0, 0.1) is 5.82 Å². The summed E-state index contributed by atoms with van der Waals surface area (Å²) < 4.78 is 13.1. The monoisotopic (exact) mass is 293 g/mol. The molecule has 2 rings (SSSR count). The van der Waals surface area contributed by atoms with Crippen LogP contribution < -0.4 is 4.90 Å². The van der Waals surface area contributed by atoms with Gasteiger partial charge < -0.3 is 10.0 Å². The zero-order valence-corrected chi connectivity index (χ0v) is 11.3. The third kappa shape index (κ3) is 3.71. The molecule has 0 heterocycles. The van der Waals surface area contributed by atoms with Gasteiger partial charge in [-0.1, -0.05) is 35.9 Å². The molecule has 0 aliphatic heterocycles. The maximum absolute atomic E-state index is 13.1. The third-order valence-corrected chi connectivity index (χ3v) is 3.09. The van der Waals surface area contributed by atoms with Crippen molar-refractivity contribution in [3.8, 4) is 0 Å². The summed E-state index contributed by atoms with van der Waals surface area (Å²) in [6, 6.07) is 13.6. The molecule has 1 N–H and O–H groups in total. The van der Waals surface area contributed by atoms with Crippen LogP contribution in [0.4, 0.5) is 10.1 Å². The van der Waals surface area contributed by atoms with E-state index in [1.54, 1.807) is 11.0 Å². The minimum absolute atomic E-state index is 0.0332. The molecule has 0 saturated heterocycles. The highest BCUT2D eigenvalue weighted by Crippen LogP contribution is 2.20. The highest BCUT2D eigenvalue weighted by molar-refractivity contribution is 6.30. The maximum Gasteiger partial charge on any atom is 0.323 e. The fraction of sp³-hybridized carbons (Fsp3) is 0.133. The Morgan fingerprint density at radius 1 is 1.20 bits per heavy atom. The molecule has 0 saturated carbocycles. The van der Waals surface area contributed by atoms with Gasteiger partial charge in [0.1, 0.15) is 12.4 Å². The Balaban J connectivity index is 2.23. The number of halogens is 2. The molecule has 20 heavy (non-hydrogen) atoms. The van der Waals surface area contributed by atoms with Crippen LogP contribution in [-0.2, 0) is 11.3 Å². The molecule has 0 aliphatic rings. The number of hydrogen-bond acceptors (Lipinski definition) is 2. The molecule has 0 radical (unpaired) electrons. The van der Waals surface area contributed by atoms with Crippen LogP contribution in [0.2, 0.25) is 5.02 Å². The molecule has 0 amide bonds. The van der Waals surface area contributed by atoms with E-state index in [1.807, 2.05) is 30.3 Å². The molecule has 0 atom stereocenters. The molecular weight excluding hydrogens is 281 g/mol. The van der Waals surface area contributed by atoms with Gasteiger partial charge in [-0.3, -0.25) is 4.79 Å². The Morgan fingerprint density at radius 2 is 1.90 bits per heavy atom. The van der Waals surface area contributed by atoms with Crippen molar-refractivity contribution in [2.75, 3.05) is 11.4 Å². The van der Waals surface area contributed by atoms with E-state index in [-0.39, 0.29) is 11.6 Å². The number of carboxylic acids is 1. The second-order valence-corrected chi connectivity index (χ2v) is 4.74. The average Bonchev–Trinajstić information content (AvgIpc) is 2.43. The van der Waals surface area contributed by atoms with Gasteiger partial charge in [-0.25, -0.2) is 4.39 Å². The van der Waals surface area contributed by atoms with Crippen LogP contribution in [0.25, 0.3) is 0 Å². The smallest absolute Gasteiger partial charge is 0.323 e. The standard InChI is InChI=1S/C15H13ClFNO2/c16-13-8-11(6-7-14(13)17)9-18(10-15(19)20)12-4-2-1-3-5-12/h1-8H,9-10H2,(H,19,20). The molecule has 3 nitrogen and oxygen atoms in total. The Hall–Kier alpha value is -2.07. The molecular formula is C15H13ClFNO2. The van der Waals surface area contributed by atoms with Gasteiger partial charge in [0.15, 0.2) is 0 Å². The van der Waals surface area contributed by atoms with Gasteiger partial charge in [-0.05, 0) is 29.8 Å². The van der Waals surface area contributed by atoms with Crippen LogP contribution in [0.1, 0.15) is 5.56 Å². The first kappa shape index (κ1) is 14.3. The minimum atomic E-state index is -0.929. The van der Waals surface area contributed by atoms with Gasteiger partial charge in [0.2, 0.25) is 0 Å². The summed E-state index contributed by atoms with van der Waals surface area (Å²) in [5.74, 6) is -1.41. The Bertz CT molecular complexity index is 604. The first-order chi connectivity index (χ1) is 9.56. The van der Waals surface area contributed by atoms with Gasteiger partial charge in [-0.15, -0.1) is 0 Å². The molecule has 2 aromatic rings. The highest BCUT2D eigenvalue weighted by Gasteiger charge is 2.12. The Labute approximate surface area is 121 Å². The van der Waals surface area contributed by atoms with Crippen molar-refractivity contribution in [3.05, 3.63) is 64.9 Å². The predicted molar refractivity (Wildman–Crippen MR) is 76.5 cm³/mol. The number of rotatable bonds is 5. The summed E-state index contributed by atoms with van der Waals surface area (Å²) in [5, 5.41) is 9.03. The number of carbonyl (C=O) groups is 1. The van der Waals surface area contributed by atoms with Crippen LogP contribution in [0.15, 0.2) is 48.5 Å². The zero-order valence-electron chi connectivity index (χ0n) is 10.6. The van der Waals surface area contributed by atoms with E-state index in [4.69, 9.17) is 16.7 Å². The quantitative estimate of drug-likeness (QED) is 0.916. The number of benzene rings is 2. The molecule has 0 spiro atoms. The second-order valence-electron chi connectivity index (χ2n) is 4.33. The summed E-state index contributed by atoms with van der Waals surface area (Å²) in [7, 11) is 0. The summed E-state index contributed by atoms with van der Waals surface area (Å²) in [4.78, 5) is 12.7. The molecule has 0 unspecified atom stereocenters. The van der Waals surface area contributed by atoms with Gasteiger partial charge in [-0.2, -0.15) is 0 Å². The van der Waals surface area contributed by atoms with Crippen molar-refractivity contribution in [2.24, 2.45) is 0 Å². The lowest BCUT2D eigenvalue weighted by atomic mass is 10.2. The number of anilines is 1. The molecule has 0 bridgehead atoms. The molecule has 2 aromatic carbocycles. The summed E-state index contributed by atoms with van der Waals surface area (Å²) in [6.07, 6.45) is 0. The summed E-state index contributed by atoms with van der Waals surface area (Å²) in [5.41, 5.74) is 1.54. The van der Waals surface area contributed by atoms with Gasteiger partial charge in [0.25, 0.3) is 0 Å². The van der Waals surface area contributed by atoms with E-state index in [2.05, 4.69) is 0 Å². The third-order valence-electron chi connectivity index (χ3n) is 2.80. The average molecular weight is 294 g/mol. The van der Waals surface area contributed by atoms with E-state index in [0.29, 0.717) is 6.54 Å². The Kier molecular flexibility index (Phi) is 4.58. The summed E-state index contributed by atoms with van der Waals surface area (Å²) >= 11 is 5.74. The molecule has 0 aromatic heterocycles. The fourth-order valence-corrected chi connectivity index (χ4v) is 2.10. The van der Waals surface area contributed by atoms with Crippen LogP contribution >= 0.6 is 11.6 Å². The van der Waals surface area contributed by atoms with Gasteiger partial charge >= 0.3 is 5.97 Å². The lowest BCUT2D eigenvalue weighted by Crippen LogP contribution is -2.29. The SMILES string of the molecule is O=C(O)CN(Cc1ccc(F)c(Cl)c1)c1ccccc1. The Morgan fingerprint density at radius 3 is 2.50 bits per heavy atom. The van der Waals surface area contributed by atoms with Crippen molar-refractivity contribution in [3.63, 3.8) is 0 Å². The van der Waals surface area contributed by atoms with Crippen LogP contribution in [-0.4, -0.2) is 17.6 Å².